The standard InChI is InChI=1S/C10H13NO5/c12-10(9-5-2-1-3-6-9)15-7-4-8-16-11(13)14/h1-3,5-6,13-14H,4,7-8H2. The van der Waals surface area contributed by atoms with E-state index in [-0.39, 0.29) is 18.6 Å². The van der Waals surface area contributed by atoms with E-state index in [1.165, 1.54) is 0 Å². The van der Waals surface area contributed by atoms with Crippen LogP contribution in [0.25, 0.3) is 0 Å². The molecule has 0 radical (unpaired) electrons. The first-order chi connectivity index (χ1) is 7.70. The van der Waals surface area contributed by atoms with E-state index in [0.717, 1.165) is 0 Å². The first kappa shape index (κ1) is 12.6. The second-order valence-corrected chi connectivity index (χ2v) is 2.94. The van der Waals surface area contributed by atoms with Gasteiger partial charge < -0.3 is 4.74 Å². The van der Waals surface area contributed by atoms with Crippen molar-refractivity contribution in [1.29, 1.82) is 0 Å². The molecule has 16 heavy (non-hydrogen) atoms. The van der Waals surface area contributed by atoms with Gasteiger partial charge in [0.15, 0.2) is 0 Å². The monoisotopic (exact) mass is 227 g/mol. The third-order valence-corrected chi connectivity index (χ3v) is 1.74. The van der Waals surface area contributed by atoms with Crippen molar-refractivity contribution in [1.82, 2.24) is 5.39 Å². The van der Waals surface area contributed by atoms with Crippen molar-refractivity contribution >= 4 is 5.97 Å². The second-order valence-electron chi connectivity index (χ2n) is 2.94. The minimum absolute atomic E-state index is 0.0507. The zero-order chi connectivity index (χ0) is 11.8. The average Bonchev–Trinajstić information content (AvgIpc) is 2.29. The smallest absolute Gasteiger partial charge is 0.338 e. The average molecular weight is 227 g/mol. The SMILES string of the molecule is O=C(OCCCON(O)O)c1ccccc1. The fraction of sp³-hybridized carbons (Fsp3) is 0.300. The maximum Gasteiger partial charge on any atom is 0.338 e. The van der Waals surface area contributed by atoms with E-state index < -0.39 is 5.97 Å². The molecule has 0 fully saturated rings. The van der Waals surface area contributed by atoms with Crippen molar-refractivity contribution in [2.75, 3.05) is 13.2 Å². The summed E-state index contributed by atoms with van der Waals surface area (Å²) < 4.78 is 4.91. The van der Waals surface area contributed by atoms with Gasteiger partial charge in [0.1, 0.15) is 0 Å². The van der Waals surface area contributed by atoms with Gasteiger partial charge in [-0.2, -0.15) is 0 Å². The molecule has 0 saturated carbocycles. The van der Waals surface area contributed by atoms with Crippen molar-refractivity contribution in [3.05, 3.63) is 35.9 Å². The Bertz CT molecular complexity index is 314. The third-order valence-electron chi connectivity index (χ3n) is 1.74. The van der Waals surface area contributed by atoms with Gasteiger partial charge in [-0.3, -0.25) is 15.3 Å². The molecule has 0 saturated heterocycles. The molecule has 1 aromatic rings. The molecule has 0 unspecified atom stereocenters. The van der Waals surface area contributed by atoms with Crippen molar-refractivity contribution in [3.63, 3.8) is 0 Å². The minimum atomic E-state index is -0.412. The van der Waals surface area contributed by atoms with Gasteiger partial charge in [-0.1, -0.05) is 18.2 Å². The molecule has 6 nitrogen and oxygen atoms in total. The van der Waals surface area contributed by atoms with Crippen molar-refractivity contribution in [2.45, 2.75) is 6.42 Å². The van der Waals surface area contributed by atoms with Gasteiger partial charge in [0, 0.05) is 6.42 Å². The molecular formula is C10H13NO5. The van der Waals surface area contributed by atoms with Gasteiger partial charge >= 0.3 is 5.97 Å². The highest BCUT2D eigenvalue weighted by molar-refractivity contribution is 5.89. The number of rotatable bonds is 6. The number of hydrogen-bond acceptors (Lipinski definition) is 6. The molecule has 0 amide bonds. The van der Waals surface area contributed by atoms with Gasteiger partial charge in [0.2, 0.25) is 0 Å². The summed E-state index contributed by atoms with van der Waals surface area (Å²) in [5.74, 6) is -0.412. The molecule has 2 N–H and O–H groups in total. The summed E-state index contributed by atoms with van der Waals surface area (Å²) in [5, 5.41) is 16.0. The van der Waals surface area contributed by atoms with Crippen LogP contribution in [-0.2, 0) is 9.57 Å². The number of esters is 1. The number of hydrogen-bond donors (Lipinski definition) is 2. The zero-order valence-electron chi connectivity index (χ0n) is 8.57. The first-order valence-corrected chi connectivity index (χ1v) is 4.73. The second kappa shape index (κ2) is 6.91. The van der Waals surface area contributed by atoms with Crippen LogP contribution in [0.15, 0.2) is 30.3 Å². The summed E-state index contributed by atoms with van der Waals surface area (Å²) in [5.41, 5.74) is 0.481. The maximum atomic E-state index is 11.4. The highest BCUT2D eigenvalue weighted by Gasteiger charge is 2.05. The summed E-state index contributed by atoms with van der Waals surface area (Å²) in [6.07, 6.45) is 0.371. The van der Waals surface area contributed by atoms with Crippen LogP contribution in [0.4, 0.5) is 0 Å². The summed E-state index contributed by atoms with van der Waals surface area (Å²) in [6.45, 7) is 0.205. The number of carbonyl (C=O) groups is 1. The Morgan fingerprint density at radius 1 is 1.19 bits per heavy atom. The number of benzene rings is 1. The molecule has 0 aliphatic rings. The Labute approximate surface area is 92.5 Å². The lowest BCUT2D eigenvalue weighted by Crippen LogP contribution is -2.16. The Kier molecular flexibility index (Phi) is 5.44. The van der Waals surface area contributed by atoms with Crippen LogP contribution < -0.4 is 0 Å². The minimum Gasteiger partial charge on any atom is -0.462 e. The van der Waals surface area contributed by atoms with E-state index in [0.29, 0.717) is 12.0 Å². The Balaban J connectivity index is 2.16. The topological polar surface area (TPSA) is 79.2 Å². The van der Waals surface area contributed by atoms with E-state index in [1.54, 1.807) is 24.3 Å². The molecule has 1 aromatic carbocycles. The molecule has 0 heterocycles. The normalized spacial score (nSPS) is 10.4. The lowest BCUT2D eigenvalue weighted by Gasteiger charge is -2.06. The summed E-state index contributed by atoms with van der Waals surface area (Å²) in [4.78, 5) is 15.7. The van der Waals surface area contributed by atoms with Crippen LogP contribution in [-0.4, -0.2) is 35.0 Å². The van der Waals surface area contributed by atoms with Crippen LogP contribution in [0.1, 0.15) is 16.8 Å². The molecule has 88 valence electrons. The lowest BCUT2D eigenvalue weighted by atomic mass is 10.2. The molecular weight excluding hydrogens is 214 g/mol. The van der Waals surface area contributed by atoms with Gasteiger partial charge in [-0.25, -0.2) is 4.79 Å². The number of ether oxygens (including phenoxy) is 1. The van der Waals surface area contributed by atoms with Crippen molar-refractivity contribution in [2.24, 2.45) is 0 Å². The van der Waals surface area contributed by atoms with E-state index in [9.17, 15) is 4.79 Å². The molecule has 1 rings (SSSR count). The lowest BCUT2D eigenvalue weighted by molar-refractivity contribution is -0.492. The fourth-order valence-corrected chi connectivity index (χ4v) is 1.03. The van der Waals surface area contributed by atoms with Crippen LogP contribution >= 0.6 is 0 Å². The van der Waals surface area contributed by atoms with Gasteiger partial charge in [0.05, 0.1) is 24.2 Å². The van der Waals surface area contributed by atoms with Crippen LogP contribution in [0.2, 0.25) is 0 Å². The van der Waals surface area contributed by atoms with E-state index in [4.69, 9.17) is 15.2 Å². The summed E-state index contributed by atoms with van der Waals surface area (Å²) in [6, 6.07) is 8.61. The van der Waals surface area contributed by atoms with Crippen LogP contribution in [0, 0.1) is 0 Å². The molecule has 0 bridgehead atoms. The highest BCUT2D eigenvalue weighted by atomic mass is 17.1. The largest absolute Gasteiger partial charge is 0.462 e. The molecule has 0 aromatic heterocycles. The molecule has 0 spiro atoms. The third kappa shape index (κ3) is 4.85. The molecule has 0 aliphatic heterocycles. The van der Waals surface area contributed by atoms with Gasteiger partial charge in [0.25, 0.3) is 0 Å². The van der Waals surface area contributed by atoms with Crippen molar-refractivity contribution in [3.8, 4) is 0 Å². The Morgan fingerprint density at radius 3 is 2.50 bits per heavy atom. The van der Waals surface area contributed by atoms with E-state index >= 15 is 0 Å². The van der Waals surface area contributed by atoms with E-state index in [1.807, 2.05) is 6.07 Å². The van der Waals surface area contributed by atoms with Gasteiger partial charge in [-0.05, 0) is 12.1 Å². The molecule has 6 heteroatoms. The van der Waals surface area contributed by atoms with Crippen LogP contribution in [0.5, 0.6) is 0 Å². The first-order valence-electron chi connectivity index (χ1n) is 4.73. The van der Waals surface area contributed by atoms with Crippen molar-refractivity contribution < 1.29 is 24.8 Å². The molecule has 0 aliphatic carbocycles. The predicted octanol–water partition coefficient (Wildman–Crippen LogP) is 1.25. The quantitative estimate of drug-likeness (QED) is 0.432. The van der Waals surface area contributed by atoms with E-state index in [2.05, 4.69) is 4.84 Å². The summed E-state index contributed by atoms with van der Waals surface area (Å²) >= 11 is 0. The number of carbonyl (C=O) groups excluding carboxylic acids is 1. The Hall–Kier alpha value is -1.47. The molecule has 0 atom stereocenters. The predicted molar refractivity (Wildman–Crippen MR) is 52.7 cm³/mol. The maximum absolute atomic E-state index is 11.4. The zero-order valence-corrected chi connectivity index (χ0v) is 8.57. The summed E-state index contributed by atoms with van der Waals surface area (Å²) in [7, 11) is 0. The van der Waals surface area contributed by atoms with Crippen LogP contribution in [0.3, 0.4) is 0 Å². The Morgan fingerprint density at radius 2 is 1.88 bits per heavy atom. The fourth-order valence-electron chi connectivity index (χ4n) is 1.03. The van der Waals surface area contributed by atoms with Gasteiger partial charge in [-0.15, -0.1) is 0 Å². The number of nitrogens with zero attached hydrogens (tertiary/aromatic N) is 1. The highest BCUT2D eigenvalue weighted by Crippen LogP contribution is 2.01.